The number of amides is 1. The molecule has 1 fully saturated rings. The number of hydrogen-bond acceptors (Lipinski definition) is 5. The number of unbranched alkanes of at least 4 members (excludes halogenated alkanes) is 2. The molecule has 1 amide bonds. The minimum Gasteiger partial charge on any atom is -0.398 e. The zero-order valence-corrected chi connectivity index (χ0v) is 34.1. The number of carbonyl (C=O) groups excluding carboxylic acids is 1. The molecule has 280 valence electrons. The number of nitrogens with zero attached hydrogens (tertiary/aromatic N) is 3. The number of nitrogen functional groups attached to an aromatic ring is 1. The van der Waals surface area contributed by atoms with E-state index in [0.29, 0.717) is 35.0 Å². The lowest BCUT2D eigenvalue weighted by Crippen LogP contribution is -2.36. The Labute approximate surface area is 303 Å². The van der Waals surface area contributed by atoms with Crippen LogP contribution in [0, 0.1) is 37.0 Å². The van der Waals surface area contributed by atoms with Crippen LogP contribution in [0.4, 0.5) is 5.69 Å². The Bertz CT molecular complexity index is 1120. The van der Waals surface area contributed by atoms with E-state index in [1.807, 2.05) is 84.6 Å². The summed E-state index contributed by atoms with van der Waals surface area (Å²) in [6, 6.07) is 5.59. The van der Waals surface area contributed by atoms with Crippen LogP contribution < -0.4 is 5.73 Å². The van der Waals surface area contributed by atoms with Crippen molar-refractivity contribution in [3.8, 4) is 6.07 Å². The monoisotopic (exact) mass is 681 g/mol. The fourth-order valence-electron chi connectivity index (χ4n) is 4.81. The third kappa shape index (κ3) is 23.8. The summed E-state index contributed by atoms with van der Waals surface area (Å²) in [7, 11) is 0. The maximum atomic E-state index is 12.9. The average Bonchev–Trinajstić information content (AvgIpc) is 3.10. The van der Waals surface area contributed by atoms with Crippen molar-refractivity contribution >= 4 is 17.8 Å². The molecule has 0 bridgehead atoms. The van der Waals surface area contributed by atoms with Crippen molar-refractivity contribution in [3.63, 3.8) is 0 Å². The van der Waals surface area contributed by atoms with Gasteiger partial charge in [0.05, 0.1) is 17.2 Å². The van der Waals surface area contributed by atoms with Crippen LogP contribution in [0.15, 0.2) is 53.3 Å². The maximum absolute atomic E-state index is 12.9. The van der Waals surface area contributed by atoms with E-state index in [1.165, 1.54) is 57.8 Å². The van der Waals surface area contributed by atoms with Gasteiger partial charge in [-0.2, -0.15) is 5.26 Å². The predicted molar refractivity (Wildman–Crippen MR) is 217 cm³/mol. The number of aliphatic imine (C=N–C) groups is 1. The molecule has 1 aliphatic carbocycles. The van der Waals surface area contributed by atoms with Crippen LogP contribution in [0.1, 0.15) is 163 Å². The lowest BCUT2D eigenvalue weighted by molar-refractivity contribution is -0.130. The van der Waals surface area contributed by atoms with E-state index in [9.17, 15) is 9.90 Å². The van der Waals surface area contributed by atoms with Gasteiger partial charge in [0, 0.05) is 24.9 Å². The zero-order chi connectivity index (χ0) is 38.4. The van der Waals surface area contributed by atoms with Crippen molar-refractivity contribution in [3.05, 3.63) is 65.0 Å². The molecule has 2 rings (SSSR count). The molecule has 1 aliphatic rings. The first kappa shape index (κ1) is 50.2. The highest BCUT2D eigenvalue weighted by atomic mass is 16.3. The van der Waals surface area contributed by atoms with E-state index >= 15 is 0 Å². The molecule has 2 unspecified atom stereocenters. The standard InChI is InChI=1S/C24H42N2O2.C9H10N2.C4H10.C4H8.C2H6/c1-7-10-13-20-14-11-15-21(16-20)18-26(23(27)12-8-2)22(9-3)25-17-19(4)24(5,6)28;1-6-3-8(5-10)4-9(11)7(6)2;2*1-3-4-2;1-2/h9,17,20-21,28H,4,7-8,10-16,18H2,1-3,5-6H3;3-4H,11H2,1-2H3;3-4H2,1-2H3;3-4H,1-2H3;1-2H3/b22-9+,25-17-;;;4-3-;. The van der Waals surface area contributed by atoms with E-state index in [-0.39, 0.29) is 5.91 Å². The van der Waals surface area contributed by atoms with Crippen LogP contribution in [0.2, 0.25) is 0 Å². The first-order valence-corrected chi connectivity index (χ1v) is 19.0. The van der Waals surface area contributed by atoms with Gasteiger partial charge in [-0.25, -0.2) is 4.99 Å². The van der Waals surface area contributed by atoms with E-state index in [0.717, 1.165) is 30.0 Å². The summed E-state index contributed by atoms with van der Waals surface area (Å²) >= 11 is 0. The molecule has 3 N–H and O–H groups in total. The molecule has 1 aromatic rings. The third-order valence-corrected chi connectivity index (χ3v) is 8.41. The largest absolute Gasteiger partial charge is 0.398 e. The van der Waals surface area contributed by atoms with Crippen molar-refractivity contribution in [1.29, 1.82) is 5.26 Å². The molecule has 0 aromatic heterocycles. The fraction of sp³-hybridized carbons (Fsp3) is 0.651. The summed E-state index contributed by atoms with van der Waals surface area (Å²) in [4.78, 5) is 19.2. The van der Waals surface area contributed by atoms with E-state index in [1.54, 1.807) is 26.1 Å². The van der Waals surface area contributed by atoms with Crippen molar-refractivity contribution < 1.29 is 9.90 Å². The second-order valence-electron chi connectivity index (χ2n) is 13.1. The Hall–Kier alpha value is -3.17. The summed E-state index contributed by atoms with van der Waals surface area (Å²) in [5.74, 6) is 2.14. The van der Waals surface area contributed by atoms with Gasteiger partial charge in [-0.1, -0.05) is 105 Å². The number of benzene rings is 1. The van der Waals surface area contributed by atoms with Crippen LogP contribution in [-0.2, 0) is 4.79 Å². The molecule has 0 spiro atoms. The number of carbonyl (C=O) groups is 1. The number of rotatable bonds is 12. The first-order chi connectivity index (χ1) is 23.2. The van der Waals surface area contributed by atoms with Crippen molar-refractivity contribution in [2.24, 2.45) is 16.8 Å². The maximum Gasteiger partial charge on any atom is 0.228 e. The highest BCUT2D eigenvalue weighted by Gasteiger charge is 2.27. The highest BCUT2D eigenvalue weighted by Crippen LogP contribution is 2.33. The minimum absolute atomic E-state index is 0.136. The molecule has 6 heteroatoms. The Morgan fingerprint density at radius 2 is 1.61 bits per heavy atom. The summed E-state index contributed by atoms with van der Waals surface area (Å²) in [5, 5.41) is 18.6. The van der Waals surface area contributed by atoms with Gasteiger partial charge in [0.2, 0.25) is 5.91 Å². The molecule has 0 radical (unpaired) electrons. The summed E-state index contributed by atoms with van der Waals surface area (Å²) in [6.45, 7) is 30.5. The quantitative estimate of drug-likeness (QED) is 0.130. The molecule has 2 atom stereocenters. The Kier molecular flexibility index (Phi) is 31.6. The van der Waals surface area contributed by atoms with Crippen LogP contribution in [0.3, 0.4) is 0 Å². The second kappa shape index (κ2) is 30.9. The number of allylic oxidation sites excluding steroid dienone is 3. The molecule has 1 aromatic carbocycles. The van der Waals surface area contributed by atoms with Crippen LogP contribution in [-0.4, -0.2) is 34.3 Å². The first-order valence-electron chi connectivity index (χ1n) is 19.0. The average molecular weight is 681 g/mol. The number of aliphatic hydroxyl groups is 1. The Morgan fingerprint density at radius 1 is 1.04 bits per heavy atom. The Morgan fingerprint density at radius 3 is 2.04 bits per heavy atom. The van der Waals surface area contributed by atoms with Gasteiger partial charge in [-0.05, 0) is 114 Å². The molecular formula is C43H76N4O2. The van der Waals surface area contributed by atoms with Gasteiger partial charge in [0.1, 0.15) is 5.82 Å². The highest BCUT2D eigenvalue weighted by molar-refractivity contribution is 5.82. The molecular weight excluding hydrogens is 604 g/mol. The summed E-state index contributed by atoms with van der Waals surface area (Å²) < 4.78 is 0. The van der Waals surface area contributed by atoms with E-state index in [4.69, 9.17) is 11.0 Å². The molecule has 1 saturated carbocycles. The predicted octanol–water partition coefficient (Wildman–Crippen LogP) is 12.0. The van der Waals surface area contributed by atoms with Crippen molar-refractivity contribution in [1.82, 2.24) is 4.90 Å². The molecule has 6 nitrogen and oxygen atoms in total. The lowest BCUT2D eigenvalue weighted by atomic mass is 9.79. The van der Waals surface area contributed by atoms with Gasteiger partial charge in [-0.3, -0.25) is 9.69 Å². The smallest absolute Gasteiger partial charge is 0.228 e. The SMILES string of the molecule is C/C=C\C.C=C(/C=N\C(=C/C)N(CC1CCCC(CCCC)C1)C(=O)CCC)C(C)(C)O.CC.CCCC.Cc1cc(C#N)cc(N)c1C. The molecule has 0 saturated heterocycles. The number of aryl methyl sites for hydroxylation is 1. The van der Waals surface area contributed by atoms with Gasteiger partial charge in [0.15, 0.2) is 0 Å². The van der Waals surface area contributed by atoms with E-state index < -0.39 is 5.60 Å². The normalized spacial score (nSPS) is 15.7. The van der Waals surface area contributed by atoms with Crippen molar-refractivity contribution in [2.75, 3.05) is 12.3 Å². The molecule has 0 aliphatic heterocycles. The number of nitriles is 1. The van der Waals surface area contributed by atoms with Crippen LogP contribution >= 0.6 is 0 Å². The Balaban J connectivity index is -0.000000818. The number of anilines is 1. The summed E-state index contributed by atoms with van der Waals surface area (Å²) in [5.41, 5.74) is 8.62. The number of nitrogens with two attached hydrogens (primary N) is 1. The van der Waals surface area contributed by atoms with Gasteiger partial charge >= 0.3 is 0 Å². The fourth-order valence-corrected chi connectivity index (χ4v) is 4.81. The van der Waals surface area contributed by atoms with Gasteiger partial charge in [0.25, 0.3) is 0 Å². The van der Waals surface area contributed by atoms with Gasteiger partial charge < -0.3 is 10.8 Å². The van der Waals surface area contributed by atoms with Crippen molar-refractivity contribution in [2.45, 2.75) is 166 Å². The third-order valence-electron chi connectivity index (χ3n) is 8.41. The number of hydrogen-bond donors (Lipinski definition) is 2. The van der Waals surface area contributed by atoms with Crippen LogP contribution in [0.5, 0.6) is 0 Å². The van der Waals surface area contributed by atoms with Gasteiger partial charge in [-0.15, -0.1) is 0 Å². The minimum atomic E-state index is -1.02. The van der Waals surface area contributed by atoms with E-state index in [2.05, 4.69) is 38.4 Å². The zero-order valence-electron chi connectivity index (χ0n) is 34.1. The summed E-state index contributed by atoms with van der Waals surface area (Å²) in [6.07, 6.45) is 20.4. The molecule has 0 heterocycles. The topological polar surface area (TPSA) is 103 Å². The molecule has 49 heavy (non-hydrogen) atoms. The van der Waals surface area contributed by atoms with Crippen LogP contribution in [0.25, 0.3) is 0 Å². The lowest BCUT2D eigenvalue weighted by Gasteiger charge is -2.33. The second-order valence-corrected chi connectivity index (χ2v) is 13.1.